The molecule has 0 amide bonds. The molecule has 3 heterocycles. The Hall–Kier alpha value is -3.42. The standard InChI is InChI=1S/C20H19FN4O3/c1-11-15(12(2)24(3)23-11)10-25-17-8-14(7-16(21)19(17)28-20(25)26)13-5-6-18(27-4)22-9-13/h5-9H,10H2,1-4H3. The summed E-state index contributed by atoms with van der Waals surface area (Å²) in [6.07, 6.45) is 1.59. The highest BCUT2D eigenvalue weighted by molar-refractivity contribution is 5.81. The van der Waals surface area contributed by atoms with E-state index >= 15 is 0 Å². The lowest BCUT2D eigenvalue weighted by atomic mass is 10.1. The molecule has 0 aliphatic rings. The smallest absolute Gasteiger partial charge is 0.420 e. The summed E-state index contributed by atoms with van der Waals surface area (Å²) in [5.74, 6) is -0.742. The maximum atomic E-state index is 14.7. The Morgan fingerprint density at radius 2 is 2.00 bits per heavy atom. The molecular formula is C20H19FN4O3. The van der Waals surface area contributed by atoms with Crippen LogP contribution in [0, 0.1) is 19.7 Å². The van der Waals surface area contributed by atoms with E-state index in [0.29, 0.717) is 22.5 Å². The Morgan fingerprint density at radius 1 is 1.21 bits per heavy atom. The van der Waals surface area contributed by atoms with Crippen molar-refractivity contribution in [2.24, 2.45) is 7.05 Å². The van der Waals surface area contributed by atoms with Gasteiger partial charge in [0, 0.05) is 36.1 Å². The van der Waals surface area contributed by atoms with Gasteiger partial charge in [-0.1, -0.05) is 0 Å². The molecule has 0 radical (unpaired) electrons. The number of nitrogens with zero attached hydrogens (tertiary/aromatic N) is 4. The van der Waals surface area contributed by atoms with Crippen LogP contribution < -0.4 is 10.5 Å². The molecule has 7 nitrogen and oxygen atoms in total. The maximum absolute atomic E-state index is 14.7. The number of aryl methyl sites for hydroxylation is 2. The number of methoxy groups -OCH3 is 1. The predicted molar refractivity (Wildman–Crippen MR) is 102 cm³/mol. The van der Waals surface area contributed by atoms with Crippen molar-refractivity contribution in [2.45, 2.75) is 20.4 Å². The molecule has 0 atom stereocenters. The second-order valence-electron chi connectivity index (χ2n) is 6.62. The summed E-state index contributed by atoms with van der Waals surface area (Å²) in [5.41, 5.74) is 4.29. The fraction of sp³-hybridized carbons (Fsp3) is 0.250. The number of aromatic nitrogens is 4. The van der Waals surface area contributed by atoms with Crippen LogP contribution in [0.2, 0.25) is 0 Å². The summed E-state index contributed by atoms with van der Waals surface area (Å²) in [4.78, 5) is 16.6. The van der Waals surface area contributed by atoms with Gasteiger partial charge in [0.1, 0.15) is 0 Å². The van der Waals surface area contributed by atoms with Gasteiger partial charge in [0.25, 0.3) is 0 Å². The van der Waals surface area contributed by atoms with Crippen molar-refractivity contribution in [1.82, 2.24) is 19.3 Å². The molecule has 0 fully saturated rings. The van der Waals surface area contributed by atoms with E-state index < -0.39 is 11.6 Å². The second-order valence-corrected chi connectivity index (χ2v) is 6.62. The Kier molecular flexibility index (Phi) is 4.26. The molecule has 144 valence electrons. The number of rotatable bonds is 4. The van der Waals surface area contributed by atoms with E-state index in [1.54, 1.807) is 29.1 Å². The molecule has 1 aromatic carbocycles. The highest BCUT2D eigenvalue weighted by Gasteiger charge is 2.18. The van der Waals surface area contributed by atoms with E-state index in [-0.39, 0.29) is 12.1 Å². The zero-order valence-corrected chi connectivity index (χ0v) is 16.0. The first-order valence-corrected chi connectivity index (χ1v) is 8.71. The van der Waals surface area contributed by atoms with Gasteiger partial charge in [-0.15, -0.1) is 0 Å². The summed E-state index contributed by atoms with van der Waals surface area (Å²) in [5, 5.41) is 4.38. The van der Waals surface area contributed by atoms with Gasteiger partial charge in [0.2, 0.25) is 5.88 Å². The van der Waals surface area contributed by atoms with E-state index in [9.17, 15) is 9.18 Å². The molecule has 4 rings (SSSR count). The molecule has 3 aromatic heterocycles. The van der Waals surface area contributed by atoms with Crippen molar-refractivity contribution in [3.05, 3.63) is 63.8 Å². The molecule has 4 aromatic rings. The van der Waals surface area contributed by atoms with Gasteiger partial charge in [0.05, 0.1) is 24.9 Å². The van der Waals surface area contributed by atoms with E-state index in [1.165, 1.54) is 17.7 Å². The number of oxazole rings is 1. The van der Waals surface area contributed by atoms with Gasteiger partial charge < -0.3 is 9.15 Å². The van der Waals surface area contributed by atoms with Crippen LogP contribution in [0.25, 0.3) is 22.2 Å². The van der Waals surface area contributed by atoms with Crippen LogP contribution in [-0.2, 0) is 13.6 Å². The summed E-state index contributed by atoms with van der Waals surface area (Å²) in [7, 11) is 3.37. The predicted octanol–water partition coefficient (Wildman–Crippen LogP) is 3.20. The minimum Gasteiger partial charge on any atom is -0.481 e. The zero-order valence-electron chi connectivity index (χ0n) is 16.0. The molecule has 0 bridgehead atoms. The first kappa shape index (κ1) is 18.0. The maximum Gasteiger partial charge on any atom is 0.420 e. The van der Waals surface area contributed by atoms with E-state index in [1.807, 2.05) is 20.9 Å². The average Bonchev–Trinajstić information content (AvgIpc) is 3.13. The lowest BCUT2D eigenvalue weighted by Gasteiger charge is -2.06. The monoisotopic (exact) mass is 382 g/mol. The Morgan fingerprint density at radius 3 is 2.61 bits per heavy atom. The minimum absolute atomic E-state index is 0.0607. The molecule has 0 aliphatic heterocycles. The van der Waals surface area contributed by atoms with Crippen molar-refractivity contribution in [3.8, 4) is 17.0 Å². The highest BCUT2D eigenvalue weighted by atomic mass is 19.1. The van der Waals surface area contributed by atoms with Crippen molar-refractivity contribution < 1.29 is 13.5 Å². The zero-order chi connectivity index (χ0) is 20.0. The van der Waals surface area contributed by atoms with Crippen LogP contribution in [0.4, 0.5) is 4.39 Å². The summed E-state index contributed by atoms with van der Waals surface area (Å²) in [6, 6.07) is 6.54. The molecular weight excluding hydrogens is 363 g/mol. The SMILES string of the molecule is COc1ccc(-c2cc(F)c3oc(=O)n(Cc4c(C)nn(C)c4C)c3c2)cn1. The number of hydrogen-bond donors (Lipinski definition) is 0. The molecule has 0 spiro atoms. The molecule has 0 saturated carbocycles. The molecule has 0 unspecified atom stereocenters. The molecule has 8 heteroatoms. The van der Waals surface area contributed by atoms with Crippen LogP contribution in [0.5, 0.6) is 5.88 Å². The van der Waals surface area contributed by atoms with Gasteiger partial charge in [-0.05, 0) is 37.6 Å². The third kappa shape index (κ3) is 2.87. The van der Waals surface area contributed by atoms with Gasteiger partial charge in [-0.2, -0.15) is 5.10 Å². The normalized spacial score (nSPS) is 11.3. The molecule has 0 N–H and O–H groups in total. The summed E-state index contributed by atoms with van der Waals surface area (Å²) < 4.78 is 28.1. The Labute approximate surface area is 160 Å². The molecule has 28 heavy (non-hydrogen) atoms. The Balaban J connectivity index is 1.86. The number of ether oxygens (including phenoxy) is 1. The third-order valence-corrected chi connectivity index (χ3v) is 4.98. The number of halogens is 1. The van der Waals surface area contributed by atoms with Crippen molar-refractivity contribution in [1.29, 1.82) is 0 Å². The summed E-state index contributed by atoms with van der Waals surface area (Å²) in [6.45, 7) is 4.06. The fourth-order valence-electron chi connectivity index (χ4n) is 3.31. The summed E-state index contributed by atoms with van der Waals surface area (Å²) >= 11 is 0. The van der Waals surface area contributed by atoms with Gasteiger partial charge in [-0.3, -0.25) is 9.25 Å². The number of benzene rings is 1. The van der Waals surface area contributed by atoms with Gasteiger partial charge in [0.15, 0.2) is 11.4 Å². The van der Waals surface area contributed by atoms with Gasteiger partial charge in [-0.25, -0.2) is 14.2 Å². The lowest BCUT2D eigenvalue weighted by Crippen LogP contribution is -2.15. The molecule has 0 aliphatic carbocycles. The van der Waals surface area contributed by atoms with Crippen LogP contribution in [-0.4, -0.2) is 26.4 Å². The average molecular weight is 382 g/mol. The van der Waals surface area contributed by atoms with E-state index in [4.69, 9.17) is 9.15 Å². The number of fused-ring (bicyclic) bond motifs is 1. The van der Waals surface area contributed by atoms with Crippen LogP contribution in [0.1, 0.15) is 17.0 Å². The largest absolute Gasteiger partial charge is 0.481 e. The van der Waals surface area contributed by atoms with Crippen LogP contribution in [0.3, 0.4) is 0 Å². The quantitative estimate of drug-likeness (QED) is 0.542. The van der Waals surface area contributed by atoms with Crippen molar-refractivity contribution in [3.63, 3.8) is 0 Å². The topological polar surface area (TPSA) is 75.1 Å². The van der Waals surface area contributed by atoms with Crippen molar-refractivity contribution >= 4 is 11.1 Å². The van der Waals surface area contributed by atoms with Crippen LogP contribution >= 0.6 is 0 Å². The Bertz CT molecular complexity index is 1240. The minimum atomic E-state index is -0.610. The lowest BCUT2D eigenvalue weighted by molar-refractivity contribution is 0.398. The van der Waals surface area contributed by atoms with Gasteiger partial charge >= 0.3 is 5.76 Å². The fourth-order valence-corrected chi connectivity index (χ4v) is 3.31. The van der Waals surface area contributed by atoms with Crippen molar-refractivity contribution in [2.75, 3.05) is 7.11 Å². The first-order valence-electron chi connectivity index (χ1n) is 8.71. The molecule has 0 saturated heterocycles. The van der Waals surface area contributed by atoms with Crippen LogP contribution in [0.15, 0.2) is 39.7 Å². The third-order valence-electron chi connectivity index (χ3n) is 4.98. The second kappa shape index (κ2) is 6.63. The number of hydrogen-bond acceptors (Lipinski definition) is 5. The van der Waals surface area contributed by atoms with E-state index in [0.717, 1.165) is 17.0 Å². The first-order chi connectivity index (χ1) is 13.4. The number of pyridine rings is 1. The highest BCUT2D eigenvalue weighted by Crippen LogP contribution is 2.28. The van der Waals surface area contributed by atoms with E-state index in [2.05, 4.69) is 10.1 Å².